The smallest absolute Gasteiger partial charge is 0.0459 e. The van der Waals surface area contributed by atoms with Crippen LogP contribution < -0.4 is 0 Å². The molecule has 0 aromatic rings. The zero-order chi connectivity index (χ0) is 12.4. The van der Waals surface area contributed by atoms with E-state index in [0.29, 0.717) is 12.5 Å². The Morgan fingerprint density at radius 1 is 0.875 bits per heavy atom. The molecule has 16 heavy (non-hydrogen) atoms. The van der Waals surface area contributed by atoms with Crippen LogP contribution >= 0.6 is 0 Å². The van der Waals surface area contributed by atoms with Crippen molar-refractivity contribution in [3.63, 3.8) is 0 Å². The van der Waals surface area contributed by atoms with E-state index in [1.807, 2.05) is 0 Å². The molecule has 1 nitrogen and oxygen atoms in total. The Labute approximate surface area is 103 Å². The van der Waals surface area contributed by atoms with Crippen LogP contribution in [0.3, 0.4) is 0 Å². The van der Waals surface area contributed by atoms with Crippen molar-refractivity contribution in [1.29, 1.82) is 0 Å². The van der Waals surface area contributed by atoms with E-state index in [4.69, 9.17) is 0 Å². The standard InChI is InChI=1S/C15H32O/c1-5-6-7-14(4)9-11-15(12-16)10-8-13(2)3/h13-16H,5-12H2,1-4H3. The molecule has 0 aliphatic rings. The second-order valence-electron chi connectivity index (χ2n) is 5.84. The van der Waals surface area contributed by atoms with Gasteiger partial charge in [0.15, 0.2) is 0 Å². The number of hydrogen-bond donors (Lipinski definition) is 1. The topological polar surface area (TPSA) is 20.2 Å². The molecule has 0 spiro atoms. The maximum Gasteiger partial charge on any atom is 0.0459 e. The molecular weight excluding hydrogens is 196 g/mol. The van der Waals surface area contributed by atoms with Gasteiger partial charge < -0.3 is 5.11 Å². The second kappa shape index (κ2) is 10.1. The summed E-state index contributed by atoms with van der Waals surface area (Å²) < 4.78 is 0. The molecule has 0 aromatic heterocycles. The molecule has 1 N–H and O–H groups in total. The molecule has 0 radical (unpaired) electrons. The van der Waals surface area contributed by atoms with Gasteiger partial charge >= 0.3 is 0 Å². The third-order valence-electron chi connectivity index (χ3n) is 3.53. The predicted octanol–water partition coefficient (Wildman–Crippen LogP) is 4.64. The van der Waals surface area contributed by atoms with Gasteiger partial charge in [0.05, 0.1) is 0 Å². The average Bonchev–Trinajstić information content (AvgIpc) is 2.26. The Kier molecular flexibility index (Phi) is 10.1. The van der Waals surface area contributed by atoms with Crippen LogP contribution in [0.25, 0.3) is 0 Å². The fraction of sp³-hybridized carbons (Fsp3) is 1.00. The van der Waals surface area contributed by atoms with E-state index in [-0.39, 0.29) is 0 Å². The molecule has 0 aliphatic heterocycles. The van der Waals surface area contributed by atoms with Gasteiger partial charge in [0.1, 0.15) is 0 Å². The van der Waals surface area contributed by atoms with Crippen LogP contribution in [-0.2, 0) is 0 Å². The van der Waals surface area contributed by atoms with Crippen LogP contribution in [0, 0.1) is 17.8 Å². The molecule has 0 amide bonds. The molecule has 0 aromatic carbocycles. The minimum atomic E-state index is 0.382. The highest BCUT2D eigenvalue weighted by molar-refractivity contribution is 4.62. The van der Waals surface area contributed by atoms with Gasteiger partial charge in [-0.05, 0) is 30.6 Å². The lowest BCUT2D eigenvalue weighted by Gasteiger charge is -2.18. The van der Waals surface area contributed by atoms with E-state index in [0.717, 1.165) is 11.8 Å². The van der Waals surface area contributed by atoms with Crippen molar-refractivity contribution < 1.29 is 5.11 Å². The van der Waals surface area contributed by atoms with E-state index in [1.54, 1.807) is 0 Å². The molecule has 0 aliphatic carbocycles. The molecule has 2 atom stereocenters. The lowest BCUT2D eigenvalue weighted by molar-refractivity contribution is 0.195. The highest BCUT2D eigenvalue weighted by atomic mass is 16.3. The predicted molar refractivity (Wildman–Crippen MR) is 72.6 cm³/mol. The van der Waals surface area contributed by atoms with Gasteiger partial charge in [0.2, 0.25) is 0 Å². The summed E-state index contributed by atoms with van der Waals surface area (Å²) in [5.74, 6) is 2.16. The van der Waals surface area contributed by atoms with Crippen molar-refractivity contribution in [3.8, 4) is 0 Å². The molecule has 2 unspecified atom stereocenters. The molecule has 0 saturated heterocycles. The van der Waals surface area contributed by atoms with Gasteiger partial charge in [0.25, 0.3) is 0 Å². The largest absolute Gasteiger partial charge is 0.396 e. The second-order valence-corrected chi connectivity index (χ2v) is 5.84. The number of rotatable bonds is 10. The normalized spacial score (nSPS) is 15.4. The van der Waals surface area contributed by atoms with Crippen molar-refractivity contribution >= 4 is 0 Å². The minimum Gasteiger partial charge on any atom is -0.396 e. The van der Waals surface area contributed by atoms with Crippen LogP contribution in [0.15, 0.2) is 0 Å². The molecule has 0 bridgehead atoms. The number of aliphatic hydroxyl groups is 1. The Hall–Kier alpha value is -0.0400. The van der Waals surface area contributed by atoms with Crippen molar-refractivity contribution in [2.24, 2.45) is 17.8 Å². The summed E-state index contributed by atoms with van der Waals surface area (Å²) in [5.41, 5.74) is 0. The quantitative estimate of drug-likeness (QED) is 0.577. The van der Waals surface area contributed by atoms with Crippen LogP contribution in [0.1, 0.15) is 72.6 Å². The van der Waals surface area contributed by atoms with E-state index in [1.165, 1.54) is 44.9 Å². The Morgan fingerprint density at radius 2 is 1.50 bits per heavy atom. The fourth-order valence-corrected chi connectivity index (χ4v) is 2.11. The highest BCUT2D eigenvalue weighted by Gasteiger charge is 2.10. The third-order valence-corrected chi connectivity index (χ3v) is 3.53. The first kappa shape index (κ1) is 16.0. The van der Waals surface area contributed by atoms with Crippen LogP contribution in [0.5, 0.6) is 0 Å². The molecule has 0 heterocycles. The summed E-state index contributed by atoms with van der Waals surface area (Å²) in [7, 11) is 0. The minimum absolute atomic E-state index is 0.382. The number of aliphatic hydroxyl groups excluding tert-OH is 1. The molecular formula is C15H32O. The molecule has 0 saturated carbocycles. The monoisotopic (exact) mass is 228 g/mol. The van der Waals surface area contributed by atoms with Crippen LogP contribution in [0.4, 0.5) is 0 Å². The number of hydrogen-bond acceptors (Lipinski definition) is 1. The first-order valence-corrected chi connectivity index (χ1v) is 7.20. The lowest BCUT2D eigenvalue weighted by Crippen LogP contribution is -2.09. The zero-order valence-corrected chi connectivity index (χ0v) is 11.8. The third kappa shape index (κ3) is 9.21. The maximum absolute atomic E-state index is 9.33. The fourth-order valence-electron chi connectivity index (χ4n) is 2.11. The molecule has 0 fully saturated rings. The van der Waals surface area contributed by atoms with Gasteiger partial charge in [-0.25, -0.2) is 0 Å². The van der Waals surface area contributed by atoms with Gasteiger partial charge in [-0.1, -0.05) is 59.8 Å². The van der Waals surface area contributed by atoms with Gasteiger partial charge in [-0.2, -0.15) is 0 Å². The van der Waals surface area contributed by atoms with Crippen molar-refractivity contribution in [2.75, 3.05) is 6.61 Å². The van der Waals surface area contributed by atoms with Crippen molar-refractivity contribution in [2.45, 2.75) is 72.6 Å². The van der Waals surface area contributed by atoms with Crippen molar-refractivity contribution in [1.82, 2.24) is 0 Å². The molecule has 98 valence electrons. The van der Waals surface area contributed by atoms with Gasteiger partial charge in [-0.3, -0.25) is 0 Å². The summed E-state index contributed by atoms with van der Waals surface area (Å²) in [5, 5.41) is 9.33. The summed E-state index contributed by atoms with van der Waals surface area (Å²) in [4.78, 5) is 0. The maximum atomic E-state index is 9.33. The first-order valence-electron chi connectivity index (χ1n) is 7.20. The number of unbranched alkanes of at least 4 members (excludes halogenated alkanes) is 1. The van der Waals surface area contributed by atoms with Crippen LogP contribution in [-0.4, -0.2) is 11.7 Å². The zero-order valence-electron chi connectivity index (χ0n) is 11.8. The van der Waals surface area contributed by atoms with E-state index >= 15 is 0 Å². The summed E-state index contributed by atoms with van der Waals surface area (Å²) in [6.07, 6.45) is 9.00. The Bertz CT molecular complexity index is 142. The van der Waals surface area contributed by atoms with E-state index < -0.39 is 0 Å². The SMILES string of the molecule is CCCCC(C)CCC(CO)CCC(C)C. The van der Waals surface area contributed by atoms with E-state index in [2.05, 4.69) is 27.7 Å². The average molecular weight is 228 g/mol. The highest BCUT2D eigenvalue weighted by Crippen LogP contribution is 2.21. The summed E-state index contributed by atoms with van der Waals surface area (Å²) in [6.45, 7) is 9.52. The summed E-state index contributed by atoms with van der Waals surface area (Å²) in [6, 6.07) is 0. The van der Waals surface area contributed by atoms with Gasteiger partial charge in [0, 0.05) is 6.61 Å². The Morgan fingerprint density at radius 3 is 2.00 bits per heavy atom. The lowest BCUT2D eigenvalue weighted by atomic mass is 9.90. The molecule has 0 rings (SSSR count). The van der Waals surface area contributed by atoms with Gasteiger partial charge in [-0.15, -0.1) is 0 Å². The van der Waals surface area contributed by atoms with Crippen LogP contribution in [0.2, 0.25) is 0 Å². The molecule has 1 heteroatoms. The summed E-state index contributed by atoms with van der Waals surface area (Å²) >= 11 is 0. The Balaban J connectivity index is 3.60. The van der Waals surface area contributed by atoms with Crippen molar-refractivity contribution in [3.05, 3.63) is 0 Å². The van der Waals surface area contributed by atoms with E-state index in [9.17, 15) is 5.11 Å². The first-order chi connectivity index (χ1) is 7.60.